The lowest BCUT2D eigenvalue weighted by Crippen LogP contribution is -2.50. The molecule has 0 radical (unpaired) electrons. The molecular formula is C24H26ClN5O. The Morgan fingerprint density at radius 3 is 2.45 bits per heavy atom. The van der Waals surface area contributed by atoms with E-state index < -0.39 is 0 Å². The van der Waals surface area contributed by atoms with E-state index in [-0.39, 0.29) is 6.03 Å². The average molecular weight is 436 g/mol. The second-order valence-electron chi connectivity index (χ2n) is 7.74. The molecule has 0 spiro atoms. The van der Waals surface area contributed by atoms with Crippen LogP contribution in [0.15, 0.2) is 54.6 Å². The number of piperazine rings is 1. The summed E-state index contributed by atoms with van der Waals surface area (Å²) in [6.45, 7) is 6.67. The summed E-state index contributed by atoms with van der Waals surface area (Å²) in [5.41, 5.74) is 4.09. The van der Waals surface area contributed by atoms with Crippen molar-refractivity contribution in [2.24, 2.45) is 0 Å². The normalized spacial score (nSPS) is 13.9. The molecule has 4 rings (SSSR count). The number of benzene rings is 2. The van der Waals surface area contributed by atoms with E-state index in [1.54, 1.807) is 12.1 Å². The number of amides is 2. The van der Waals surface area contributed by atoms with Gasteiger partial charge in [-0.3, -0.25) is 0 Å². The van der Waals surface area contributed by atoms with Gasteiger partial charge in [0.15, 0.2) is 0 Å². The van der Waals surface area contributed by atoms with Crippen LogP contribution in [0, 0.1) is 13.8 Å². The average Bonchev–Trinajstić information content (AvgIpc) is 2.76. The van der Waals surface area contributed by atoms with E-state index in [2.05, 4.69) is 39.5 Å². The fourth-order valence-electron chi connectivity index (χ4n) is 3.88. The molecule has 2 amide bonds. The number of aromatic nitrogens is 2. The van der Waals surface area contributed by atoms with Crippen LogP contribution in [-0.4, -0.2) is 47.1 Å². The number of carbonyl (C=O) groups excluding carboxylic acids is 1. The van der Waals surface area contributed by atoms with Gasteiger partial charge in [0, 0.05) is 54.6 Å². The number of rotatable bonds is 4. The fraction of sp³-hybridized carbons (Fsp3) is 0.292. The van der Waals surface area contributed by atoms with Gasteiger partial charge in [-0.05, 0) is 37.6 Å². The molecule has 6 nitrogen and oxygen atoms in total. The van der Waals surface area contributed by atoms with Crippen molar-refractivity contribution in [1.29, 1.82) is 0 Å². The molecule has 2 aromatic carbocycles. The zero-order valence-corrected chi connectivity index (χ0v) is 18.6. The van der Waals surface area contributed by atoms with Gasteiger partial charge >= 0.3 is 6.03 Å². The summed E-state index contributed by atoms with van der Waals surface area (Å²) in [6.07, 6.45) is 0.789. The molecule has 1 N–H and O–H groups in total. The Bertz CT molecular complexity index is 1060. The Morgan fingerprint density at radius 1 is 1.00 bits per heavy atom. The third-order valence-electron chi connectivity index (χ3n) is 5.47. The summed E-state index contributed by atoms with van der Waals surface area (Å²) in [6, 6.07) is 17.5. The molecule has 2 heterocycles. The van der Waals surface area contributed by atoms with Crippen LogP contribution >= 0.6 is 11.6 Å². The second kappa shape index (κ2) is 9.35. The molecule has 31 heavy (non-hydrogen) atoms. The van der Waals surface area contributed by atoms with E-state index in [4.69, 9.17) is 16.6 Å². The number of nitrogens with one attached hydrogen (secondary N) is 1. The van der Waals surface area contributed by atoms with Crippen LogP contribution < -0.4 is 10.2 Å². The monoisotopic (exact) mass is 435 g/mol. The smallest absolute Gasteiger partial charge is 0.321 e. The van der Waals surface area contributed by atoms with Gasteiger partial charge in [-0.1, -0.05) is 48.0 Å². The first kappa shape index (κ1) is 21.1. The molecule has 1 aliphatic rings. The second-order valence-corrected chi connectivity index (χ2v) is 8.17. The van der Waals surface area contributed by atoms with Gasteiger partial charge in [0.05, 0.1) is 0 Å². The van der Waals surface area contributed by atoms with E-state index in [9.17, 15) is 4.79 Å². The topological polar surface area (TPSA) is 61.4 Å². The van der Waals surface area contributed by atoms with Crippen LogP contribution in [0.2, 0.25) is 5.02 Å². The van der Waals surface area contributed by atoms with Gasteiger partial charge in [-0.2, -0.15) is 0 Å². The van der Waals surface area contributed by atoms with Gasteiger partial charge in [-0.15, -0.1) is 0 Å². The summed E-state index contributed by atoms with van der Waals surface area (Å²) in [7, 11) is 0. The molecular weight excluding hydrogens is 410 g/mol. The molecule has 0 bridgehead atoms. The molecule has 1 aromatic heterocycles. The zero-order chi connectivity index (χ0) is 21.8. The third kappa shape index (κ3) is 5.14. The fourth-order valence-corrected chi connectivity index (χ4v) is 4.07. The number of anilines is 2. The van der Waals surface area contributed by atoms with Crippen LogP contribution in [0.25, 0.3) is 0 Å². The van der Waals surface area contributed by atoms with Gasteiger partial charge < -0.3 is 15.1 Å². The Labute approximate surface area is 187 Å². The highest BCUT2D eigenvalue weighted by atomic mass is 35.5. The van der Waals surface area contributed by atoms with Crippen molar-refractivity contribution < 1.29 is 4.79 Å². The molecule has 7 heteroatoms. The third-order valence-corrected chi connectivity index (χ3v) is 5.70. The molecule has 1 fully saturated rings. The molecule has 0 aliphatic carbocycles. The maximum atomic E-state index is 12.7. The van der Waals surface area contributed by atoms with E-state index >= 15 is 0 Å². The largest absolute Gasteiger partial charge is 0.353 e. The lowest BCUT2D eigenvalue weighted by atomic mass is 10.0. The van der Waals surface area contributed by atoms with Crippen LogP contribution in [0.4, 0.5) is 16.3 Å². The highest BCUT2D eigenvalue weighted by Crippen LogP contribution is 2.25. The summed E-state index contributed by atoms with van der Waals surface area (Å²) >= 11 is 6.02. The van der Waals surface area contributed by atoms with E-state index in [0.717, 1.165) is 42.4 Å². The minimum atomic E-state index is -0.110. The van der Waals surface area contributed by atoms with Crippen LogP contribution in [-0.2, 0) is 6.42 Å². The highest BCUT2D eigenvalue weighted by Gasteiger charge is 2.25. The SMILES string of the molecule is Cc1nc(C)c(Cc2ccccc2)c(N2CCN(C(=O)Nc3cccc(Cl)c3)CC2)n1. The summed E-state index contributed by atoms with van der Waals surface area (Å²) in [5.74, 6) is 1.74. The number of hydrogen-bond donors (Lipinski definition) is 1. The quantitative estimate of drug-likeness (QED) is 0.645. The molecule has 3 aromatic rings. The van der Waals surface area contributed by atoms with Gasteiger partial charge in [-0.25, -0.2) is 14.8 Å². The van der Waals surface area contributed by atoms with E-state index in [1.165, 1.54) is 5.56 Å². The maximum absolute atomic E-state index is 12.7. The van der Waals surface area contributed by atoms with Crippen molar-refractivity contribution in [3.63, 3.8) is 0 Å². The first-order chi connectivity index (χ1) is 15.0. The number of urea groups is 1. The molecule has 1 saturated heterocycles. The lowest BCUT2D eigenvalue weighted by Gasteiger charge is -2.36. The zero-order valence-electron chi connectivity index (χ0n) is 17.8. The van der Waals surface area contributed by atoms with Gasteiger partial charge in [0.2, 0.25) is 0 Å². The number of hydrogen-bond acceptors (Lipinski definition) is 4. The van der Waals surface area contributed by atoms with Crippen LogP contribution in [0.3, 0.4) is 0 Å². The van der Waals surface area contributed by atoms with Gasteiger partial charge in [0.1, 0.15) is 11.6 Å². The van der Waals surface area contributed by atoms with E-state index in [1.807, 2.05) is 36.9 Å². The predicted molar refractivity (Wildman–Crippen MR) is 125 cm³/mol. The Morgan fingerprint density at radius 2 is 1.74 bits per heavy atom. The summed E-state index contributed by atoms with van der Waals surface area (Å²) in [5, 5.41) is 3.53. The Balaban J connectivity index is 1.46. The molecule has 1 aliphatic heterocycles. The van der Waals surface area contributed by atoms with Crippen molar-refractivity contribution >= 4 is 29.1 Å². The van der Waals surface area contributed by atoms with Crippen molar-refractivity contribution in [3.8, 4) is 0 Å². The first-order valence-electron chi connectivity index (χ1n) is 10.4. The molecule has 0 saturated carbocycles. The number of aryl methyl sites for hydroxylation is 2. The van der Waals surface area contributed by atoms with Crippen molar-refractivity contribution in [2.75, 3.05) is 36.4 Å². The minimum Gasteiger partial charge on any atom is -0.353 e. The summed E-state index contributed by atoms with van der Waals surface area (Å²) in [4.78, 5) is 26.1. The Hall–Kier alpha value is -3.12. The van der Waals surface area contributed by atoms with Gasteiger partial charge in [0.25, 0.3) is 0 Å². The molecule has 0 atom stereocenters. The summed E-state index contributed by atoms with van der Waals surface area (Å²) < 4.78 is 0. The number of nitrogens with zero attached hydrogens (tertiary/aromatic N) is 4. The number of carbonyl (C=O) groups is 1. The Kier molecular flexibility index (Phi) is 6.37. The van der Waals surface area contributed by atoms with Crippen molar-refractivity contribution in [1.82, 2.24) is 14.9 Å². The molecule has 160 valence electrons. The minimum absolute atomic E-state index is 0.110. The highest BCUT2D eigenvalue weighted by molar-refractivity contribution is 6.30. The first-order valence-corrected chi connectivity index (χ1v) is 10.8. The van der Waals surface area contributed by atoms with Crippen LogP contribution in [0.1, 0.15) is 22.6 Å². The maximum Gasteiger partial charge on any atom is 0.321 e. The van der Waals surface area contributed by atoms with Crippen molar-refractivity contribution in [2.45, 2.75) is 20.3 Å². The van der Waals surface area contributed by atoms with E-state index in [0.29, 0.717) is 23.8 Å². The predicted octanol–water partition coefficient (Wildman–Crippen LogP) is 4.69. The number of halogens is 1. The van der Waals surface area contributed by atoms with Crippen LogP contribution in [0.5, 0.6) is 0 Å². The van der Waals surface area contributed by atoms with Crippen molar-refractivity contribution in [3.05, 3.63) is 82.3 Å². The molecule has 0 unspecified atom stereocenters. The lowest BCUT2D eigenvalue weighted by molar-refractivity contribution is 0.208. The standard InChI is InChI=1S/C24H26ClN5O/c1-17-22(15-19-7-4-3-5-8-19)23(27-18(2)26-17)29-11-13-30(14-12-29)24(31)28-21-10-6-9-20(25)16-21/h3-10,16H,11-15H2,1-2H3,(H,28,31).